The van der Waals surface area contributed by atoms with Gasteiger partial charge >= 0.3 is 0 Å². The van der Waals surface area contributed by atoms with Gasteiger partial charge in [-0.2, -0.15) is 4.31 Å². The van der Waals surface area contributed by atoms with Gasteiger partial charge in [0.1, 0.15) is 6.04 Å². The van der Waals surface area contributed by atoms with Crippen LogP contribution in [0.25, 0.3) is 0 Å². The molecule has 170 valence electrons. The van der Waals surface area contributed by atoms with Crippen LogP contribution in [0.1, 0.15) is 34.6 Å². The first-order valence-electron chi connectivity index (χ1n) is 10.1. The molecule has 0 aliphatic carbocycles. The van der Waals surface area contributed by atoms with Gasteiger partial charge in [-0.05, 0) is 38.1 Å². The molecule has 0 saturated carbocycles. The van der Waals surface area contributed by atoms with Gasteiger partial charge in [-0.25, -0.2) is 8.42 Å². The van der Waals surface area contributed by atoms with Crippen LogP contribution in [0.2, 0.25) is 5.02 Å². The van der Waals surface area contributed by atoms with E-state index < -0.39 is 22.0 Å². The lowest BCUT2D eigenvalue weighted by molar-refractivity contribution is -0.134. The third-order valence-electron chi connectivity index (χ3n) is 5.27. The molecule has 32 heavy (non-hydrogen) atoms. The molecule has 0 spiro atoms. The van der Waals surface area contributed by atoms with E-state index >= 15 is 0 Å². The summed E-state index contributed by atoms with van der Waals surface area (Å²) in [5.74, 6) is -0.977. The number of halogens is 1. The molecule has 1 aliphatic heterocycles. The molecule has 10 heteroatoms. The predicted octanol–water partition coefficient (Wildman–Crippen LogP) is 2.19. The molecule has 0 aromatic heterocycles. The molecular formula is C22H24ClN3O5S. The molecule has 0 radical (unpaired) electrons. The van der Waals surface area contributed by atoms with Crippen LogP contribution in [0.4, 0.5) is 0 Å². The fraction of sp³-hybridized carbons (Fsp3) is 0.318. The Bertz CT molecular complexity index is 1140. The first kappa shape index (κ1) is 23.9. The van der Waals surface area contributed by atoms with E-state index in [4.69, 9.17) is 11.6 Å². The van der Waals surface area contributed by atoms with Crippen molar-refractivity contribution in [1.82, 2.24) is 14.5 Å². The molecule has 1 N–H and O–H groups in total. The number of piperazine rings is 1. The van der Waals surface area contributed by atoms with Crippen molar-refractivity contribution in [3.63, 3.8) is 0 Å². The smallest absolute Gasteiger partial charge is 0.253 e. The Morgan fingerprint density at radius 1 is 1.00 bits per heavy atom. The summed E-state index contributed by atoms with van der Waals surface area (Å²) in [4.78, 5) is 38.3. The maximum atomic E-state index is 12.9. The van der Waals surface area contributed by atoms with Crippen LogP contribution in [0.15, 0.2) is 53.4 Å². The Kier molecular flexibility index (Phi) is 7.33. The standard InChI is InChI=1S/C22H24ClN3O5S/c1-15(24-21(28)19-8-3-4-9-20(19)23)22(29)25-10-12-26(13-11-25)32(30,31)18-7-5-6-17(14-18)16(2)27/h3-9,14-15H,10-13H2,1-2H3,(H,24,28)/t15-/m0/s1. The number of rotatable bonds is 6. The number of carbonyl (C=O) groups excluding carboxylic acids is 3. The van der Waals surface area contributed by atoms with Gasteiger partial charge in [0.15, 0.2) is 5.78 Å². The number of nitrogens with one attached hydrogen (secondary N) is 1. The minimum atomic E-state index is -3.79. The predicted molar refractivity (Wildman–Crippen MR) is 120 cm³/mol. The summed E-state index contributed by atoms with van der Waals surface area (Å²) >= 11 is 6.03. The number of nitrogens with zero attached hydrogens (tertiary/aromatic N) is 2. The Morgan fingerprint density at radius 3 is 2.28 bits per heavy atom. The third kappa shape index (κ3) is 5.17. The second-order valence-electron chi connectivity index (χ2n) is 7.49. The highest BCUT2D eigenvalue weighted by Gasteiger charge is 2.32. The van der Waals surface area contributed by atoms with Crippen LogP contribution in [-0.4, -0.2) is 67.4 Å². The van der Waals surface area contributed by atoms with E-state index in [-0.39, 0.29) is 53.4 Å². The summed E-state index contributed by atoms with van der Waals surface area (Å²) in [7, 11) is -3.79. The molecule has 2 amide bonds. The molecule has 1 atom stereocenters. The molecule has 0 unspecified atom stereocenters. The van der Waals surface area contributed by atoms with Crippen molar-refractivity contribution in [2.24, 2.45) is 0 Å². The van der Waals surface area contributed by atoms with E-state index in [0.717, 1.165) is 0 Å². The fourth-order valence-corrected chi connectivity index (χ4v) is 5.12. The van der Waals surface area contributed by atoms with Gasteiger partial charge in [0.25, 0.3) is 5.91 Å². The summed E-state index contributed by atoms with van der Waals surface area (Å²) in [6, 6.07) is 11.7. The zero-order valence-corrected chi connectivity index (χ0v) is 19.3. The van der Waals surface area contributed by atoms with E-state index in [2.05, 4.69) is 5.32 Å². The Hall–Kier alpha value is -2.75. The van der Waals surface area contributed by atoms with Crippen LogP contribution in [0.3, 0.4) is 0 Å². The summed E-state index contributed by atoms with van der Waals surface area (Å²) in [5, 5.41) is 2.93. The number of sulfonamides is 1. The fourth-order valence-electron chi connectivity index (χ4n) is 3.43. The average Bonchev–Trinajstić information content (AvgIpc) is 2.78. The second-order valence-corrected chi connectivity index (χ2v) is 9.83. The summed E-state index contributed by atoms with van der Waals surface area (Å²) in [6.07, 6.45) is 0. The zero-order valence-electron chi connectivity index (χ0n) is 17.7. The minimum absolute atomic E-state index is 0.0466. The molecule has 8 nitrogen and oxygen atoms in total. The van der Waals surface area contributed by atoms with Crippen molar-refractivity contribution in [1.29, 1.82) is 0 Å². The first-order chi connectivity index (χ1) is 15.1. The SMILES string of the molecule is CC(=O)c1cccc(S(=O)(=O)N2CCN(C(=O)[C@H](C)NC(=O)c3ccccc3Cl)CC2)c1. The summed E-state index contributed by atoms with van der Waals surface area (Å²) in [5.41, 5.74) is 0.598. The molecule has 1 saturated heterocycles. The number of hydrogen-bond donors (Lipinski definition) is 1. The Morgan fingerprint density at radius 2 is 1.66 bits per heavy atom. The maximum Gasteiger partial charge on any atom is 0.253 e. The number of carbonyl (C=O) groups is 3. The van der Waals surface area contributed by atoms with Crippen molar-refractivity contribution in [3.05, 3.63) is 64.7 Å². The molecule has 2 aromatic carbocycles. The largest absolute Gasteiger partial charge is 0.340 e. The molecule has 1 aliphatic rings. The van der Waals surface area contributed by atoms with Gasteiger partial charge in [0.2, 0.25) is 15.9 Å². The highest BCUT2D eigenvalue weighted by molar-refractivity contribution is 7.89. The van der Waals surface area contributed by atoms with E-state index in [0.29, 0.717) is 5.56 Å². The van der Waals surface area contributed by atoms with Gasteiger partial charge in [0.05, 0.1) is 15.5 Å². The van der Waals surface area contributed by atoms with E-state index in [1.54, 1.807) is 37.3 Å². The molecule has 0 bridgehead atoms. The van der Waals surface area contributed by atoms with Crippen LogP contribution < -0.4 is 5.32 Å². The topological polar surface area (TPSA) is 104 Å². The molecule has 1 heterocycles. The van der Waals surface area contributed by atoms with Crippen molar-refractivity contribution in [2.75, 3.05) is 26.2 Å². The molecule has 3 rings (SSSR count). The monoisotopic (exact) mass is 477 g/mol. The Labute approximate surface area is 192 Å². The van der Waals surface area contributed by atoms with Gasteiger partial charge < -0.3 is 10.2 Å². The van der Waals surface area contributed by atoms with Crippen molar-refractivity contribution < 1.29 is 22.8 Å². The zero-order chi connectivity index (χ0) is 23.5. The summed E-state index contributed by atoms with van der Waals surface area (Å²) < 4.78 is 27.2. The first-order valence-corrected chi connectivity index (χ1v) is 11.9. The molecule has 2 aromatic rings. The number of hydrogen-bond acceptors (Lipinski definition) is 5. The normalized spacial score (nSPS) is 15.8. The van der Waals surface area contributed by atoms with Gasteiger partial charge in [-0.3, -0.25) is 14.4 Å². The Balaban J connectivity index is 1.61. The van der Waals surface area contributed by atoms with Gasteiger partial charge in [0, 0.05) is 31.7 Å². The van der Waals surface area contributed by atoms with E-state index in [1.807, 2.05) is 0 Å². The van der Waals surface area contributed by atoms with Crippen LogP contribution in [0.5, 0.6) is 0 Å². The number of amides is 2. The highest BCUT2D eigenvalue weighted by Crippen LogP contribution is 2.20. The molecular weight excluding hydrogens is 454 g/mol. The number of benzene rings is 2. The van der Waals surface area contributed by atoms with Gasteiger partial charge in [-0.15, -0.1) is 0 Å². The van der Waals surface area contributed by atoms with Crippen LogP contribution in [-0.2, 0) is 14.8 Å². The highest BCUT2D eigenvalue weighted by atomic mass is 35.5. The quantitative estimate of drug-likeness (QED) is 0.642. The van der Waals surface area contributed by atoms with Gasteiger partial charge in [-0.1, -0.05) is 35.9 Å². The minimum Gasteiger partial charge on any atom is -0.340 e. The maximum absolute atomic E-state index is 12.9. The second kappa shape index (κ2) is 9.81. The van der Waals surface area contributed by atoms with Crippen LogP contribution in [0, 0.1) is 0 Å². The molecule has 1 fully saturated rings. The lowest BCUT2D eigenvalue weighted by Gasteiger charge is -2.35. The van der Waals surface area contributed by atoms with Crippen molar-refractivity contribution >= 4 is 39.2 Å². The van der Waals surface area contributed by atoms with Crippen molar-refractivity contribution in [3.8, 4) is 0 Å². The van der Waals surface area contributed by atoms with E-state index in [1.165, 1.54) is 34.3 Å². The van der Waals surface area contributed by atoms with E-state index in [9.17, 15) is 22.8 Å². The third-order valence-corrected chi connectivity index (χ3v) is 7.49. The summed E-state index contributed by atoms with van der Waals surface area (Å²) in [6.45, 7) is 3.57. The lowest BCUT2D eigenvalue weighted by atomic mass is 10.2. The van der Waals surface area contributed by atoms with Crippen molar-refractivity contribution in [2.45, 2.75) is 24.8 Å². The average molecular weight is 478 g/mol. The van der Waals surface area contributed by atoms with Crippen LogP contribution >= 0.6 is 11.6 Å². The lowest BCUT2D eigenvalue weighted by Crippen LogP contribution is -2.55. The number of ketones is 1. The number of Topliss-reactive ketones (excluding diaryl/α,β-unsaturated/α-hetero) is 1.